The number of amides is 3. The largest absolute Gasteiger partial charge is 0.450 e. The molecule has 10 heteroatoms. The molecule has 0 aliphatic heterocycles. The summed E-state index contributed by atoms with van der Waals surface area (Å²) < 4.78 is 10.0. The lowest BCUT2D eigenvalue weighted by Crippen LogP contribution is -2.28. The number of nitrogens with two attached hydrogens (primary N) is 2. The molecule has 0 radical (unpaired) electrons. The predicted molar refractivity (Wildman–Crippen MR) is 82.4 cm³/mol. The quantitative estimate of drug-likeness (QED) is 0.488. The van der Waals surface area contributed by atoms with Crippen LogP contribution in [0, 0.1) is 0 Å². The molecule has 24 heavy (non-hydrogen) atoms. The number of nitrogens with zero attached hydrogens (tertiary/aromatic N) is 2. The average molecular weight is 341 g/mol. The van der Waals surface area contributed by atoms with E-state index in [4.69, 9.17) is 15.9 Å². The molecule has 1 aromatic heterocycles. The summed E-state index contributed by atoms with van der Waals surface area (Å²) in [4.78, 5) is 33.2. The maximum Gasteiger partial charge on any atom is 0.404 e. The Morgan fingerprint density at radius 3 is 2.62 bits per heavy atom. The van der Waals surface area contributed by atoms with E-state index >= 15 is 0 Å². The summed E-state index contributed by atoms with van der Waals surface area (Å²) in [7, 11) is 0. The number of ether oxygens (including phenoxy) is 1. The second kappa shape index (κ2) is 10.2. The molecule has 1 rings (SSSR count). The Kier molecular flexibility index (Phi) is 8.23. The van der Waals surface area contributed by atoms with Crippen LogP contribution in [0.15, 0.2) is 4.42 Å². The van der Waals surface area contributed by atoms with Gasteiger partial charge in [-0.25, -0.2) is 4.79 Å². The molecule has 0 aliphatic carbocycles. The zero-order valence-electron chi connectivity index (χ0n) is 13.6. The van der Waals surface area contributed by atoms with E-state index in [1.165, 1.54) is 0 Å². The molecule has 1 atom stereocenters. The molecule has 0 spiro atoms. The van der Waals surface area contributed by atoms with Gasteiger partial charge in [-0.15, -0.1) is 10.2 Å². The summed E-state index contributed by atoms with van der Waals surface area (Å²) >= 11 is 0. The van der Waals surface area contributed by atoms with Crippen LogP contribution in [0.2, 0.25) is 0 Å². The molecular weight excluding hydrogens is 318 g/mol. The minimum absolute atomic E-state index is 0.101. The van der Waals surface area contributed by atoms with Gasteiger partial charge in [-0.3, -0.25) is 9.59 Å². The van der Waals surface area contributed by atoms with Crippen molar-refractivity contribution in [1.82, 2.24) is 15.5 Å². The molecule has 3 amide bonds. The molecule has 0 unspecified atom stereocenters. The highest BCUT2D eigenvalue weighted by Gasteiger charge is 2.21. The highest BCUT2D eigenvalue weighted by atomic mass is 16.5. The van der Waals surface area contributed by atoms with Crippen LogP contribution in [0.4, 0.5) is 4.79 Å². The first-order valence-electron chi connectivity index (χ1n) is 7.74. The van der Waals surface area contributed by atoms with Gasteiger partial charge in [-0.1, -0.05) is 6.92 Å². The van der Waals surface area contributed by atoms with Crippen LogP contribution in [0.3, 0.4) is 0 Å². The molecule has 0 aromatic carbocycles. The Morgan fingerprint density at radius 1 is 1.25 bits per heavy atom. The maximum atomic E-state index is 11.8. The van der Waals surface area contributed by atoms with Gasteiger partial charge in [0.05, 0.1) is 6.61 Å². The van der Waals surface area contributed by atoms with E-state index in [0.29, 0.717) is 32.1 Å². The monoisotopic (exact) mass is 341 g/mol. The Balaban J connectivity index is 2.62. The van der Waals surface area contributed by atoms with Crippen molar-refractivity contribution < 1.29 is 23.5 Å². The van der Waals surface area contributed by atoms with Crippen LogP contribution in [0.25, 0.3) is 0 Å². The molecule has 0 fully saturated rings. The number of primary amides is 2. The summed E-state index contributed by atoms with van der Waals surface area (Å²) in [5.74, 6) is -0.401. The summed E-state index contributed by atoms with van der Waals surface area (Å²) in [5, 5.41) is 10.4. The molecular formula is C14H23N5O5. The lowest BCUT2D eigenvalue weighted by molar-refractivity contribution is -0.122. The standard InChI is InChI=1S/C14H23N5O5/c1-2-5-11(21)17-9(6-3-4-7-23-14(16)22)13-19-18-12(24-13)8-10(15)20/h9H,2-8H2,1H3,(H2,15,20)(H2,16,22)(H,17,21)/t9-/m0/s1. The van der Waals surface area contributed by atoms with Crippen LogP contribution in [-0.2, 0) is 20.7 Å². The lowest BCUT2D eigenvalue weighted by Gasteiger charge is -2.15. The minimum atomic E-state index is -0.823. The molecule has 134 valence electrons. The van der Waals surface area contributed by atoms with Crippen LogP contribution in [-0.4, -0.2) is 34.7 Å². The molecule has 0 saturated heterocycles. The van der Waals surface area contributed by atoms with Crippen molar-refractivity contribution >= 4 is 17.9 Å². The molecule has 5 N–H and O–H groups in total. The maximum absolute atomic E-state index is 11.8. The van der Waals surface area contributed by atoms with Crippen molar-refractivity contribution in [3.8, 4) is 0 Å². The third kappa shape index (κ3) is 7.56. The Hall–Kier alpha value is -2.65. The fourth-order valence-corrected chi connectivity index (χ4v) is 2.00. The number of nitrogens with one attached hydrogen (secondary N) is 1. The van der Waals surface area contributed by atoms with Gasteiger partial charge in [-0.05, 0) is 25.7 Å². The van der Waals surface area contributed by atoms with Gasteiger partial charge in [0.2, 0.25) is 23.6 Å². The Labute approximate surface area is 139 Å². The number of aromatic nitrogens is 2. The third-order valence-corrected chi connectivity index (χ3v) is 3.05. The second-order valence-electron chi connectivity index (χ2n) is 5.21. The number of hydrogen-bond acceptors (Lipinski definition) is 7. The zero-order valence-corrected chi connectivity index (χ0v) is 13.6. The van der Waals surface area contributed by atoms with E-state index in [2.05, 4.69) is 20.3 Å². The van der Waals surface area contributed by atoms with Crippen LogP contribution < -0.4 is 16.8 Å². The van der Waals surface area contributed by atoms with Crippen LogP contribution >= 0.6 is 0 Å². The van der Waals surface area contributed by atoms with E-state index < -0.39 is 18.0 Å². The number of carbonyl (C=O) groups excluding carboxylic acids is 3. The molecule has 0 saturated carbocycles. The summed E-state index contributed by atoms with van der Waals surface area (Å²) in [5.41, 5.74) is 9.96. The highest BCUT2D eigenvalue weighted by molar-refractivity contribution is 5.76. The van der Waals surface area contributed by atoms with E-state index in [-0.39, 0.29) is 30.7 Å². The summed E-state index contributed by atoms with van der Waals surface area (Å²) in [6.45, 7) is 2.09. The third-order valence-electron chi connectivity index (χ3n) is 3.05. The predicted octanol–water partition coefficient (Wildman–Crippen LogP) is 0.320. The van der Waals surface area contributed by atoms with Gasteiger partial charge in [0.1, 0.15) is 12.5 Å². The van der Waals surface area contributed by atoms with Crippen LogP contribution in [0.5, 0.6) is 0 Å². The molecule has 10 nitrogen and oxygen atoms in total. The van der Waals surface area contributed by atoms with Gasteiger partial charge < -0.3 is 25.9 Å². The molecule has 0 bridgehead atoms. The smallest absolute Gasteiger partial charge is 0.404 e. The molecule has 1 aromatic rings. The lowest BCUT2D eigenvalue weighted by atomic mass is 10.1. The van der Waals surface area contributed by atoms with E-state index in [1.54, 1.807) is 0 Å². The van der Waals surface area contributed by atoms with Crippen LogP contribution in [0.1, 0.15) is 56.9 Å². The second-order valence-corrected chi connectivity index (χ2v) is 5.21. The number of unbranched alkanes of at least 4 members (excludes halogenated alkanes) is 1. The van der Waals surface area contributed by atoms with Gasteiger partial charge >= 0.3 is 6.09 Å². The normalized spacial score (nSPS) is 11.7. The highest BCUT2D eigenvalue weighted by Crippen LogP contribution is 2.19. The fraction of sp³-hybridized carbons (Fsp3) is 0.643. The van der Waals surface area contributed by atoms with Crippen molar-refractivity contribution in [1.29, 1.82) is 0 Å². The average Bonchev–Trinajstić information content (AvgIpc) is 2.93. The van der Waals surface area contributed by atoms with Gasteiger partial charge in [0.25, 0.3) is 0 Å². The topological polar surface area (TPSA) is 163 Å². The van der Waals surface area contributed by atoms with Crippen molar-refractivity contribution in [2.75, 3.05) is 6.61 Å². The zero-order chi connectivity index (χ0) is 17.9. The molecule has 1 heterocycles. The minimum Gasteiger partial charge on any atom is -0.450 e. The van der Waals surface area contributed by atoms with Crippen molar-refractivity contribution in [2.45, 2.75) is 51.5 Å². The van der Waals surface area contributed by atoms with Gasteiger partial charge in [0, 0.05) is 6.42 Å². The van der Waals surface area contributed by atoms with E-state index in [0.717, 1.165) is 0 Å². The fourth-order valence-electron chi connectivity index (χ4n) is 2.00. The first-order valence-corrected chi connectivity index (χ1v) is 7.74. The number of carbonyl (C=O) groups is 3. The number of rotatable bonds is 11. The van der Waals surface area contributed by atoms with E-state index in [1.807, 2.05) is 6.92 Å². The first kappa shape index (κ1) is 19.4. The van der Waals surface area contributed by atoms with Crippen molar-refractivity contribution in [3.63, 3.8) is 0 Å². The Bertz CT molecular complexity index is 560. The molecule has 0 aliphatic rings. The number of hydrogen-bond donors (Lipinski definition) is 3. The first-order chi connectivity index (χ1) is 11.4. The van der Waals surface area contributed by atoms with Gasteiger partial charge in [0.15, 0.2) is 0 Å². The summed E-state index contributed by atoms with van der Waals surface area (Å²) in [6, 6.07) is -0.480. The summed E-state index contributed by atoms with van der Waals surface area (Å²) in [6.07, 6.45) is 1.83. The van der Waals surface area contributed by atoms with Crippen molar-refractivity contribution in [3.05, 3.63) is 11.8 Å². The SMILES string of the molecule is CCCC(=O)N[C@@H](CCCCOC(N)=O)c1nnc(CC(N)=O)o1. The van der Waals surface area contributed by atoms with Crippen molar-refractivity contribution in [2.24, 2.45) is 11.5 Å². The Morgan fingerprint density at radius 2 is 2.00 bits per heavy atom. The van der Waals surface area contributed by atoms with E-state index in [9.17, 15) is 14.4 Å². The van der Waals surface area contributed by atoms with Gasteiger partial charge in [-0.2, -0.15) is 0 Å².